The van der Waals surface area contributed by atoms with Crippen LogP contribution >= 0.6 is 11.6 Å². The van der Waals surface area contributed by atoms with Crippen LogP contribution in [-0.2, 0) is 11.2 Å². The van der Waals surface area contributed by atoms with Crippen molar-refractivity contribution >= 4 is 29.1 Å². The van der Waals surface area contributed by atoms with Gasteiger partial charge in [-0.05, 0) is 54.3 Å². The summed E-state index contributed by atoms with van der Waals surface area (Å²) < 4.78 is 0. The number of amides is 2. The molecule has 3 rings (SSSR count). The van der Waals surface area contributed by atoms with E-state index in [0.29, 0.717) is 17.1 Å². The van der Waals surface area contributed by atoms with Crippen molar-refractivity contribution in [2.45, 2.75) is 32.7 Å². The van der Waals surface area contributed by atoms with E-state index in [1.54, 1.807) is 17.9 Å². The molecule has 0 bridgehead atoms. The molecule has 0 spiro atoms. The number of anilines is 1. The minimum atomic E-state index is -0.115. The zero-order chi connectivity index (χ0) is 18.0. The Labute approximate surface area is 152 Å². The van der Waals surface area contributed by atoms with Crippen molar-refractivity contribution in [2.75, 3.05) is 11.4 Å². The molecule has 2 aromatic carbocycles. The fourth-order valence-corrected chi connectivity index (χ4v) is 3.45. The van der Waals surface area contributed by atoms with Gasteiger partial charge in [0.05, 0.1) is 6.04 Å². The quantitative estimate of drug-likeness (QED) is 0.895. The van der Waals surface area contributed by atoms with Crippen molar-refractivity contribution in [1.82, 2.24) is 5.32 Å². The van der Waals surface area contributed by atoms with Crippen molar-refractivity contribution in [2.24, 2.45) is 0 Å². The maximum Gasteiger partial charge on any atom is 0.251 e. The van der Waals surface area contributed by atoms with E-state index in [-0.39, 0.29) is 17.9 Å². The van der Waals surface area contributed by atoms with Crippen molar-refractivity contribution in [3.63, 3.8) is 0 Å². The maximum absolute atomic E-state index is 12.7. The lowest BCUT2D eigenvalue weighted by molar-refractivity contribution is -0.116. The normalized spacial score (nSPS) is 14.1. The van der Waals surface area contributed by atoms with Gasteiger partial charge >= 0.3 is 0 Å². The molecule has 25 heavy (non-hydrogen) atoms. The second kappa shape index (κ2) is 7.28. The monoisotopic (exact) mass is 356 g/mol. The number of carbonyl (C=O) groups is 2. The second-order valence-electron chi connectivity index (χ2n) is 6.25. The van der Waals surface area contributed by atoms with E-state index in [1.807, 2.05) is 43.3 Å². The van der Waals surface area contributed by atoms with Gasteiger partial charge in [0.15, 0.2) is 0 Å². The smallest absolute Gasteiger partial charge is 0.251 e. The number of hydrogen-bond acceptors (Lipinski definition) is 2. The molecule has 4 nitrogen and oxygen atoms in total. The fourth-order valence-electron chi connectivity index (χ4n) is 3.26. The summed E-state index contributed by atoms with van der Waals surface area (Å²) in [7, 11) is 0. The number of carbonyl (C=O) groups excluding carboxylic acids is 2. The first-order valence-corrected chi connectivity index (χ1v) is 8.84. The summed E-state index contributed by atoms with van der Waals surface area (Å²) in [6.45, 7) is 4.27. The molecule has 1 aliphatic heterocycles. The molecule has 0 saturated carbocycles. The number of benzene rings is 2. The van der Waals surface area contributed by atoms with Crippen LogP contribution in [-0.4, -0.2) is 18.4 Å². The summed E-state index contributed by atoms with van der Waals surface area (Å²) in [5.74, 6) is -0.0844. The zero-order valence-corrected chi connectivity index (χ0v) is 15.1. The Hall–Kier alpha value is -2.33. The topological polar surface area (TPSA) is 49.4 Å². The number of hydrogen-bond donors (Lipinski definition) is 1. The van der Waals surface area contributed by atoms with Gasteiger partial charge in [0.2, 0.25) is 5.91 Å². The molecule has 1 heterocycles. The van der Waals surface area contributed by atoms with Gasteiger partial charge in [-0.15, -0.1) is 0 Å². The largest absolute Gasteiger partial charge is 0.345 e. The highest BCUT2D eigenvalue weighted by molar-refractivity contribution is 6.30. The highest BCUT2D eigenvalue weighted by Gasteiger charge is 2.23. The summed E-state index contributed by atoms with van der Waals surface area (Å²) >= 11 is 6.06. The van der Waals surface area contributed by atoms with E-state index in [4.69, 9.17) is 11.6 Å². The van der Waals surface area contributed by atoms with Gasteiger partial charge in [-0.25, -0.2) is 0 Å². The highest BCUT2D eigenvalue weighted by Crippen LogP contribution is 2.29. The molecule has 2 aromatic rings. The minimum absolute atomic E-state index is 0.0305. The number of nitrogens with one attached hydrogen (secondary N) is 1. The van der Waals surface area contributed by atoms with Gasteiger partial charge in [-0.2, -0.15) is 0 Å². The third-order valence-electron chi connectivity index (χ3n) is 4.58. The Kier molecular flexibility index (Phi) is 5.09. The number of fused-ring (bicyclic) bond motifs is 1. The Bertz CT molecular complexity index is 819. The predicted octanol–water partition coefficient (Wildman–Crippen LogP) is 4.13. The van der Waals surface area contributed by atoms with Crippen LogP contribution in [0.2, 0.25) is 5.02 Å². The van der Waals surface area contributed by atoms with Gasteiger partial charge in [0.1, 0.15) is 0 Å². The van der Waals surface area contributed by atoms with Gasteiger partial charge in [0.25, 0.3) is 5.91 Å². The molecule has 2 amide bonds. The van der Waals surface area contributed by atoms with Crippen molar-refractivity contribution in [3.8, 4) is 0 Å². The van der Waals surface area contributed by atoms with Gasteiger partial charge in [-0.1, -0.05) is 30.7 Å². The SMILES string of the molecule is CCC(NC(=O)c1ccc2c(c1)CCN2C(C)=O)c1cccc(Cl)c1. The molecule has 0 saturated heterocycles. The van der Waals surface area contributed by atoms with Crippen LogP contribution in [0.25, 0.3) is 0 Å². The standard InChI is InChI=1S/C20H21ClN2O2/c1-3-18(14-5-4-6-17(21)12-14)22-20(25)16-7-8-19-15(11-16)9-10-23(19)13(2)24/h4-8,11-12,18H,3,9-10H2,1-2H3,(H,22,25). The summed E-state index contributed by atoms with van der Waals surface area (Å²) in [6.07, 6.45) is 1.55. The molecule has 1 aliphatic rings. The second-order valence-corrected chi connectivity index (χ2v) is 6.69. The maximum atomic E-state index is 12.7. The van der Waals surface area contributed by atoms with Crippen LogP contribution in [0, 0.1) is 0 Å². The van der Waals surface area contributed by atoms with Crippen molar-refractivity contribution in [3.05, 3.63) is 64.2 Å². The summed E-state index contributed by atoms with van der Waals surface area (Å²) in [4.78, 5) is 26.0. The number of halogens is 1. The Morgan fingerprint density at radius 2 is 2.04 bits per heavy atom. The summed E-state index contributed by atoms with van der Waals surface area (Å²) in [6, 6.07) is 13.0. The minimum Gasteiger partial charge on any atom is -0.345 e. The lowest BCUT2D eigenvalue weighted by atomic mass is 10.0. The predicted molar refractivity (Wildman–Crippen MR) is 100 cm³/mol. The molecule has 0 fully saturated rings. The van der Waals surface area contributed by atoms with E-state index >= 15 is 0 Å². The van der Waals surface area contributed by atoms with E-state index in [2.05, 4.69) is 5.32 Å². The van der Waals surface area contributed by atoms with Crippen LogP contribution < -0.4 is 10.2 Å². The average molecular weight is 357 g/mol. The van der Waals surface area contributed by atoms with Crippen LogP contribution in [0.3, 0.4) is 0 Å². The molecule has 1 atom stereocenters. The Balaban J connectivity index is 1.78. The molecule has 1 unspecified atom stereocenters. The molecule has 130 valence electrons. The van der Waals surface area contributed by atoms with E-state index < -0.39 is 0 Å². The molecule has 1 N–H and O–H groups in total. The van der Waals surface area contributed by atoms with Crippen LogP contribution in [0.15, 0.2) is 42.5 Å². The first-order valence-electron chi connectivity index (χ1n) is 8.47. The van der Waals surface area contributed by atoms with Crippen LogP contribution in [0.5, 0.6) is 0 Å². The molecule has 0 aliphatic carbocycles. The van der Waals surface area contributed by atoms with Crippen molar-refractivity contribution in [1.29, 1.82) is 0 Å². The average Bonchev–Trinajstić information content (AvgIpc) is 3.02. The van der Waals surface area contributed by atoms with Gasteiger partial charge in [0, 0.05) is 29.7 Å². The highest BCUT2D eigenvalue weighted by atomic mass is 35.5. The lowest BCUT2D eigenvalue weighted by Gasteiger charge is -2.18. The fraction of sp³-hybridized carbons (Fsp3) is 0.300. The molecule has 0 aromatic heterocycles. The molecular formula is C20H21ClN2O2. The van der Waals surface area contributed by atoms with Crippen LogP contribution in [0.4, 0.5) is 5.69 Å². The van der Waals surface area contributed by atoms with E-state index in [1.165, 1.54) is 0 Å². The first kappa shape index (κ1) is 17.5. The molecule has 0 radical (unpaired) electrons. The molecule has 5 heteroatoms. The van der Waals surface area contributed by atoms with E-state index in [9.17, 15) is 9.59 Å². The van der Waals surface area contributed by atoms with Crippen molar-refractivity contribution < 1.29 is 9.59 Å². The number of rotatable bonds is 4. The Morgan fingerprint density at radius 1 is 1.24 bits per heavy atom. The lowest BCUT2D eigenvalue weighted by Crippen LogP contribution is -2.28. The molecular weight excluding hydrogens is 336 g/mol. The number of nitrogens with zero attached hydrogens (tertiary/aromatic N) is 1. The van der Waals surface area contributed by atoms with Crippen LogP contribution in [0.1, 0.15) is 47.8 Å². The third kappa shape index (κ3) is 3.69. The summed E-state index contributed by atoms with van der Waals surface area (Å²) in [5, 5.41) is 3.73. The van der Waals surface area contributed by atoms with Gasteiger partial charge < -0.3 is 10.2 Å². The van der Waals surface area contributed by atoms with E-state index in [0.717, 1.165) is 29.7 Å². The zero-order valence-electron chi connectivity index (χ0n) is 14.4. The third-order valence-corrected chi connectivity index (χ3v) is 4.82. The Morgan fingerprint density at radius 3 is 2.72 bits per heavy atom. The summed E-state index contributed by atoms with van der Waals surface area (Å²) in [5.41, 5.74) is 3.56. The first-order chi connectivity index (χ1) is 12.0. The van der Waals surface area contributed by atoms with Gasteiger partial charge in [-0.3, -0.25) is 9.59 Å².